The highest BCUT2D eigenvalue weighted by Gasteiger charge is 2.10. The zero-order valence-electron chi connectivity index (χ0n) is 9.56. The van der Waals surface area contributed by atoms with Crippen LogP contribution in [0.25, 0.3) is 0 Å². The lowest BCUT2D eigenvalue weighted by atomic mass is 10.4. The lowest BCUT2D eigenvalue weighted by molar-refractivity contribution is 0.377. The summed E-state index contributed by atoms with van der Waals surface area (Å²) in [5, 5.41) is 7.99. The van der Waals surface area contributed by atoms with E-state index in [0.29, 0.717) is 24.0 Å². The molecule has 0 saturated carbocycles. The van der Waals surface area contributed by atoms with Gasteiger partial charge in [-0.3, -0.25) is 0 Å². The van der Waals surface area contributed by atoms with Crippen molar-refractivity contribution in [2.24, 2.45) is 0 Å². The Labute approximate surface area is 107 Å². The average molecular weight is 271 g/mol. The fourth-order valence-corrected chi connectivity index (χ4v) is 2.90. The summed E-state index contributed by atoms with van der Waals surface area (Å²) in [5.74, 6) is 1.88. The minimum absolute atomic E-state index is 0.582. The Morgan fingerprint density at radius 3 is 3.00 bits per heavy atom. The Kier molecular flexibility index (Phi) is 3.85. The number of nitrogens with two attached hydrogens (primary N) is 1. The van der Waals surface area contributed by atoms with E-state index in [0.717, 1.165) is 16.4 Å². The molecule has 0 bridgehead atoms. The fourth-order valence-electron chi connectivity index (χ4n) is 1.33. The number of thioether (sulfide) groups is 1. The summed E-state index contributed by atoms with van der Waals surface area (Å²) in [6, 6.07) is 0. The number of aryl methyl sites for hydroxylation is 1. The van der Waals surface area contributed by atoms with Crippen molar-refractivity contribution in [2.75, 3.05) is 23.9 Å². The zero-order chi connectivity index (χ0) is 12.3. The first-order chi connectivity index (χ1) is 8.20. The molecule has 2 aromatic rings. The van der Waals surface area contributed by atoms with Crippen LogP contribution in [0.15, 0.2) is 9.42 Å². The minimum Gasteiger partial charge on any atom is -0.382 e. The van der Waals surface area contributed by atoms with Crippen LogP contribution in [0.4, 0.5) is 10.8 Å². The van der Waals surface area contributed by atoms with Crippen LogP contribution < -0.4 is 11.1 Å². The summed E-state index contributed by atoms with van der Waals surface area (Å²) in [4.78, 5) is 5.13. The van der Waals surface area contributed by atoms with Crippen molar-refractivity contribution in [2.45, 2.75) is 18.2 Å². The number of nitrogen functional groups attached to an aromatic ring is 1. The Morgan fingerprint density at radius 2 is 2.35 bits per heavy atom. The van der Waals surface area contributed by atoms with Crippen LogP contribution >= 0.6 is 23.3 Å². The molecular weight excluding hydrogens is 258 g/mol. The van der Waals surface area contributed by atoms with E-state index in [4.69, 9.17) is 10.3 Å². The third-order valence-corrected chi connectivity index (χ3v) is 3.84. The quantitative estimate of drug-likeness (QED) is 0.801. The molecule has 0 amide bonds. The van der Waals surface area contributed by atoms with Crippen LogP contribution in [-0.2, 0) is 6.42 Å². The molecule has 92 valence electrons. The van der Waals surface area contributed by atoms with Crippen LogP contribution in [-0.4, -0.2) is 27.3 Å². The van der Waals surface area contributed by atoms with E-state index in [1.54, 1.807) is 18.7 Å². The van der Waals surface area contributed by atoms with E-state index in [1.165, 1.54) is 11.5 Å². The van der Waals surface area contributed by atoms with E-state index in [1.807, 2.05) is 6.26 Å². The summed E-state index contributed by atoms with van der Waals surface area (Å²) >= 11 is 2.96. The number of nitrogens with zero attached hydrogens (tertiary/aromatic N) is 3. The smallest absolute Gasteiger partial charge is 0.228 e. The van der Waals surface area contributed by atoms with Crippen LogP contribution in [0.2, 0.25) is 0 Å². The topological polar surface area (TPSA) is 89.9 Å². The first-order valence-electron chi connectivity index (χ1n) is 5.03. The van der Waals surface area contributed by atoms with Gasteiger partial charge in [-0.15, -0.1) is 11.8 Å². The second kappa shape index (κ2) is 5.37. The predicted molar refractivity (Wildman–Crippen MR) is 69.5 cm³/mol. The molecule has 2 rings (SSSR count). The molecule has 2 heterocycles. The van der Waals surface area contributed by atoms with Crippen LogP contribution in [0.1, 0.15) is 11.7 Å². The van der Waals surface area contributed by atoms with Crippen molar-refractivity contribution in [1.82, 2.24) is 14.5 Å². The van der Waals surface area contributed by atoms with E-state index >= 15 is 0 Å². The van der Waals surface area contributed by atoms with Crippen LogP contribution in [0.5, 0.6) is 0 Å². The molecule has 0 aliphatic rings. The second-order valence-corrected chi connectivity index (χ2v) is 4.93. The standard InChI is InChI=1S/C9H13N5OS2/c1-5-12-6(15-13-5)3-4-11-9-7(16-2)8(10)14-17-9/h11H,3-4H2,1-2H3,(H2,10,14). The van der Waals surface area contributed by atoms with Gasteiger partial charge in [-0.1, -0.05) is 5.16 Å². The molecule has 0 unspecified atom stereocenters. The molecule has 0 atom stereocenters. The Hall–Kier alpha value is -1.28. The molecule has 17 heavy (non-hydrogen) atoms. The molecule has 8 heteroatoms. The van der Waals surface area contributed by atoms with Gasteiger partial charge in [-0.05, 0) is 24.7 Å². The van der Waals surface area contributed by atoms with E-state index in [2.05, 4.69) is 19.8 Å². The number of hydrogen-bond donors (Lipinski definition) is 2. The molecule has 0 spiro atoms. The zero-order valence-corrected chi connectivity index (χ0v) is 11.2. The number of nitrogens with one attached hydrogen (secondary N) is 1. The van der Waals surface area contributed by atoms with Gasteiger partial charge >= 0.3 is 0 Å². The van der Waals surface area contributed by atoms with Gasteiger partial charge in [-0.2, -0.15) is 9.36 Å². The highest BCUT2D eigenvalue weighted by Crippen LogP contribution is 2.34. The fraction of sp³-hybridized carbons (Fsp3) is 0.444. The van der Waals surface area contributed by atoms with Gasteiger partial charge < -0.3 is 15.6 Å². The lowest BCUT2D eigenvalue weighted by Crippen LogP contribution is -2.04. The highest BCUT2D eigenvalue weighted by atomic mass is 32.2. The largest absolute Gasteiger partial charge is 0.382 e. The monoisotopic (exact) mass is 271 g/mol. The van der Waals surface area contributed by atoms with Crippen molar-refractivity contribution < 1.29 is 4.52 Å². The maximum atomic E-state index is 5.74. The summed E-state index contributed by atoms with van der Waals surface area (Å²) in [7, 11) is 0. The van der Waals surface area contributed by atoms with E-state index in [9.17, 15) is 0 Å². The minimum atomic E-state index is 0.582. The maximum Gasteiger partial charge on any atom is 0.228 e. The first kappa shape index (κ1) is 12.2. The molecular formula is C9H13N5OS2. The molecule has 0 radical (unpaired) electrons. The van der Waals surface area contributed by atoms with Gasteiger partial charge in [0.15, 0.2) is 11.6 Å². The Balaban J connectivity index is 1.89. The van der Waals surface area contributed by atoms with Gasteiger partial charge in [0.2, 0.25) is 5.89 Å². The molecule has 0 aliphatic carbocycles. The number of aromatic nitrogens is 3. The molecule has 2 aromatic heterocycles. The van der Waals surface area contributed by atoms with Gasteiger partial charge in [0.25, 0.3) is 0 Å². The van der Waals surface area contributed by atoms with Gasteiger partial charge in [0.05, 0.1) is 4.90 Å². The van der Waals surface area contributed by atoms with Crippen molar-refractivity contribution in [3.8, 4) is 0 Å². The van der Waals surface area contributed by atoms with Crippen molar-refractivity contribution in [3.05, 3.63) is 11.7 Å². The Bertz CT molecular complexity index is 495. The molecule has 0 saturated heterocycles. The normalized spacial score (nSPS) is 10.7. The van der Waals surface area contributed by atoms with Gasteiger partial charge in [0.1, 0.15) is 5.00 Å². The Morgan fingerprint density at radius 1 is 1.53 bits per heavy atom. The highest BCUT2D eigenvalue weighted by molar-refractivity contribution is 7.99. The molecule has 0 aliphatic heterocycles. The summed E-state index contributed by atoms with van der Waals surface area (Å²) in [6.45, 7) is 2.52. The molecule has 6 nitrogen and oxygen atoms in total. The molecule has 0 fully saturated rings. The lowest BCUT2D eigenvalue weighted by Gasteiger charge is -2.02. The van der Waals surface area contributed by atoms with Gasteiger partial charge in [0, 0.05) is 13.0 Å². The first-order valence-corrected chi connectivity index (χ1v) is 7.02. The maximum absolute atomic E-state index is 5.74. The number of rotatable bonds is 5. The molecule has 0 aromatic carbocycles. The van der Waals surface area contributed by atoms with Crippen molar-refractivity contribution in [3.63, 3.8) is 0 Å². The number of hydrogen-bond acceptors (Lipinski definition) is 8. The summed E-state index contributed by atoms with van der Waals surface area (Å²) < 4.78 is 9.12. The predicted octanol–water partition coefficient (Wildman–Crippen LogP) is 1.79. The van der Waals surface area contributed by atoms with E-state index in [-0.39, 0.29) is 0 Å². The SMILES string of the molecule is CSc1c(N)nsc1NCCc1nc(C)no1. The average Bonchev–Trinajstić information content (AvgIpc) is 2.86. The molecule has 3 N–H and O–H groups in total. The third-order valence-electron chi connectivity index (χ3n) is 2.07. The van der Waals surface area contributed by atoms with E-state index < -0.39 is 0 Å². The third kappa shape index (κ3) is 2.89. The van der Waals surface area contributed by atoms with Gasteiger partial charge in [-0.25, -0.2) is 0 Å². The van der Waals surface area contributed by atoms with Crippen LogP contribution in [0.3, 0.4) is 0 Å². The van der Waals surface area contributed by atoms with Crippen molar-refractivity contribution >= 4 is 34.1 Å². The van der Waals surface area contributed by atoms with Crippen LogP contribution in [0, 0.1) is 6.92 Å². The summed E-state index contributed by atoms with van der Waals surface area (Å²) in [5.41, 5.74) is 5.74. The summed E-state index contributed by atoms with van der Waals surface area (Å²) in [6.07, 6.45) is 2.67. The second-order valence-electron chi connectivity index (χ2n) is 3.34. The number of anilines is 2. The van der Waals surface area contributed by atoms with Crippen molar-refractivity contribution in [1.29, 1.82) is 0 Å².